The van der Waals surface area contributed by atoms with Crippen molar-refractivity contribution in [3.63, 3.8) is 0 Å². The number of hydrogen-bond acceptors (Lipinski definition) is 6. The molecule has 0 aliphatic carbocycles. The fourth-order valence-electron chi connectivity index (χ4n) is 3.88. The van der Waals surface area contributed by atoms with Crippen LogP contribution in [0.1, 0.15) is 38.8 Å². The van der Waals surface area contributed by atoms with Crippen LogP contribution in [0.2, 0.25) is 0 Å². The van der Waals surface area contributed by atoms with E-state index in [0.717, 1.165) is 22.4 Å². The average Bonchev–Trinajstić information content (AvgIpc) is 3.02. The van der Waals surface area contributed by atoms with Gasteiger partial charge in [0.05, 0.1) is 25.3 Å². The summed E-state index contributed by atoms with van der Waals surface area (Å²) in [4.78, 5) is 39.4. The van der Waals surface area contributed by atoms with Crippen molar-refractivity contribution in [2.24, 2.45) is 0 Å². The lowest BCUT2D eigenvalue weighted by molar-refractivity contribution is -0.117. The van der Waals surface area contributed by atoms with Gasteiger partial charge >= 0.3 is 0 Å². The molecule has 4 rings (SSSR count). The van der Waals surface area contributed by atoms with E-state index in [4.69, 9.17) is 9.47 Å². The predicted octanol–water partition coefficient (Wildman–Crippen LogP) is 2.44. The highest BCUT2D eigenvalue weighted by Gasteiger charge is 2.40. The van der Waals surface area contributed by atoms with Gasteiger partial charge in [0, 0.05) is 23.9 Å². The van der Waals surface area contributed by atoms with Gasteiger partial charge < -0.3 is 14.8 Å². The van der Waals surface area contributed by atoms with E-state index >= 15 is 0 Å². The van der Waals surface area contributed by atoms with Gasteiger partial charge in [0.2, 0.25) is 0 Å². The van der Waals surface area contributed by atoms with Gasteiger partial charge in [-0.05, 0) is 43.2 Å². The van der Waals surface area contributed by atoms with E-state index in [1.807, 2.05) is 12.1 Å². The second-order valence-electron chi connectivity index (χ2n) is 7.20. The van der Waals surface area contributed by atoms with Crippen LogP contribution in [0.3, 0.4) is 0 Å². The summed E-state index contributed by atoms with van der Waals surface area (Å²) in [6.07, 6.45) is 2.23. The summed E-state index contributed by atoms with van der Waals surface area (Å²) < 4.78 is 10.8. The molecule has 2 aromatic carbocycles. The van der Waals surface area contributed by atoms with Crippen LogP contribution < -0.4 is 14.8 Å². The number of benzene rings is 2. The van der Waals surface area contributed by atoms with Crippen LogP contribution in [0.5, 0.6) is 11.5 Å². The molecule has 0 aromatic heterocycles. The molecule has 0 saturated carbocycles. The van der Waals surface area contributed by atoms with Crippen molar-refractivity contribution in [1.82, 2.24) is 10.2 Å². The molecule has 7 heteroatoms. The molecule has 0 spiro atoms. The van der Waals surface area contributed by atoms with E-state index < -0.39 is 17.9 Å². The van der Waals surface area contributed by atoms with Crippen molar-refractivity contribution in [2.45, 2.75) is 19.4 Å². The quantitative estimate of drug-likeness (QED) is 0.607. The van der Waals surface area contributed by atoms with Crippen molar-refractivity contribution in [2.75, 3.05) is 20.8 Å². The van der Waals surface area contributed by atoms with Crippen LogP contribution in [0.25, 0.3) is 5.70 Å². The Balaban J connectivity index is 1.65. The van der Waals surface area contributed by atoms with Gasteiger partial charge in [-0.25, -0.2) is 0 Å². The summed E-state index contributed by atoms with van der Waals surface area (Å²) in [5.74, 6) is -0.0407. The fraction of sp³-hybridized carbons (Fsp3) is 0.261. The lowest BCUT2D eigenvalue weighted by Crippen LogP contribution is -2.42. The minimum Gasteiger partial charge on any atom is -0.493 e. The van der Waals surface area contributed by atoms with Gasteiger partial charge in [0.25, 0.3) is 11.8 Å². The molecule has 7 nitrogen and oxygen atoms in total. The summed E-state index contributed by atoms with van der Waals surface area (Å²) in [6.45, 7) is 2.22. The molecule has 1 N–H and O–H groups in total. The Morgan fingerprint density at radius 2 is 1.63 bits per heavy atom. The molecule has 2 aromatic rings. The van der Waals surface area contributed by atoms with Crippen LogP contribution in [-0.2, 0) is 11.2 Å². The van der Waals surface area contributed by atoms with Crippen LogP contribution in [0, 0.1) is 0 Å². The van der Waals surface area contributed by atoms with Crippen molar-refractivity contribution in [3.05, 3.63) is 64.7 Å². The molecule has 2 amide bonds. The zero-order valence-electron chi connectivity index (χ0n) is 17.0. The Morgan fingerprint density at radius 1 is 1.03 bits per heavy atom. The number of carbonyl (C=O) groups excluding carboxylic acids is 3. The Hall–Kier alpha value is -3.61. The first kappa shape index (κ1) is 19.7. The molecule has 0 fully saturated rings. The minimum absolute atomic E-state index is 0.327. The normalized spacial score (nSPS) is 17.3. The summed E-state index contributed by atoms with van der Waals surface area (Å²) in [5, 5.41) is 3.24. The number of rotatable bonds is 5. The van der Waals surface area contributed by atoms with E-state index in [2.05, 4.69) is 5.32 Å². The van der Waals surface area contributed by atoms with E-state index in [-0.39, 0.29) is 5.78 Å². The molecule has 1 unspecified atom stereocenters. The zero-order valence-corrected chi connectivity index (χ0v) is 17.0. The molecule has 2 aliphatic rings. The largest absolute Gasteiger partial charge is 0.493 e. The Morgan fingerprint density at radius 3 is 2.23 bits per heavy atom. The third-order valence-electron chi connectivity index (χ3n) is 5.52. The number of carbonyl (C=O) groups is 3. The van der Waals surface area contributed by atoms with Gasteiger partial charge in [-0.15, -0.1) is 0 Å². The van der Waals surface area contributed by atoms with Crippen LogP contribution in [-0.4, -0.2) is 49.3 Å². The number of hydrogen-bond donors (Lipinski definition) is 1. The summed E-state index contributed by atoms with van der Waals surface area (Å²) in [6, 6.07) is 9.41. The van der Waals surface area contributed by atoms with Gasteiger partial charge in [0.15, 0.2) is 17.3 Å². The highest BCUT2D eigenvalue weighted by Crippen LogP contribution is 2.35. The Bertz CT molecular complexity index is 1050. The third-order valence-corrected chi connectivity index (χ3v) is 5.52. The zero-order chi connectivity index (χ0) is 21.4. The topological polar surface area (TPSA) is 84.9 Å². The summed E-state index contributed by atoms with van der Waals surface area (Å²) >= 11 is 0. The van der Waals surface area contributed by atoms with Crippen molar-refractivity contribution >= 4 is 23.3 Å². The first-order chi connectivity index (χ1) is 14.5. The maximum absolute atomic E-state index is 13.0. The molecule has 154 valence electrons. The molecule has 0 bridgehead atoms. The molecule has 1 atom stereocenters. The number of fused-ring (bicyclic) bond motifs is 2. The van der Waals surface area contributed by atoms with E-state index in [1.165, 1.54) is 6.08 Å². The molecule has 0 radical (unpaired) electrons. The number of ketones is 1. The van der Waals surface area contributed by atoms with Gasteiger partial charge in [-0.1, -0.05) is 12.1 Å². The molecule has 2 aliphatic heterocycles. The minimum atomic E-state index is -0.919. The number of imide groups is 1. The molecule has 0 saturated heterocycles. The second kappa shape index (κ2) is 7.67. The predicted molar refractivity (Wildman–Crippen MR) is 111 cm³/mol. The standard InChI is InChI=1S/C23H22N2O5/c1-13(25-22(27)15-6-4-5-7-16(15)23(25)28)19(26)12-18-17-11-21(30-3)20(29-2)10-14(17)8-9-24-18/h4-7,10-13,24H,8-9H2,1-3H3. The van der Waals surface area contributed by atoms with Gasteiger partial charge in [0.1, 0.15) is 6.04 Å². The maximum atomic E-state index is 13.0. The highest BCUT2D eigenvalue weighted by atomic mass is 16.5. The SMILES string of the molecule is COc1cc2c(cc1OC)C(=CC(=O)C(C)N1C(=O)c3ccccc3C1=O)NCC2. The number of nitrogens with zero attached hydrogens (tertiary/aromatic N) is 1. The van der Waals surface area contributed by atoms with Crippen molar-refractivity contribution in [1.29, 1.82) is 0 Å². The highest BCUT2D eigenvalue weighted by molar-refractivity contribution is 6.23. The summed E-state index contributed by atoms with van der Waals surface area (Å²) in [5.41, 5.74) is 3.15. The molecule has 30 heavy (non-hydrogen) atoms. The maximum Gasteiger partial charge on any atom is 0.262 e. The van der Waals surface area contributed by atoms with Crippen LogP contribution in [0.15, 0.2) is 42.5 Å². The number of nitrogens with one attached hydrogen (secondary N) is 1. The molecular weight excluding hydrogens is 384 g/mol. The van der Waals surface area contributed by atoms with Crippen LogP contribution in [0.4, 0.5) is 0 Å². The Kier molecular flexibility index (Phi) is 5.03. The van der Waals surface area contributed by atoms with Gasteiger partial charge in [-0.2, -0.15) is 0 Å². The summed E-state index contributed by atoms with van der Waals surface area (Å²) in [7, 11) is 3.13. The first-order valence-corrected chi connectivity index (χ1v) is 9.68. The lowest BCUT2D eigenvalue weighted by atomic mass is 9.95. The average molecular weight is 406 g/mol. The van der Waals surface area contributed by atoms with Crippen molar-refractivity contribution < 1.29 is 23.9 Å². The third kappa shape index (κ3) is 3.12. The number of ether oxygens (including phenoxy) is 2. The molecular formula is C23H22N2O5. The monoisotopic (exact) mass is 406 g/mol. The van der Waals surface area contributed by atoms with E-state index in [9.17, 15) is 14.4 Å². The lowest BCUT2D eigenvalue weighted by Gasteiger charge is -2.24. The van der Waals surface area contributed by atoms with Crippen molar-refractivity contribution in [3.8, 4) is 11.5 Å². The number of methoxy groups -OCH3 is 2. The first-order valence-electron chi connectivity index (χ1n) is 9.68. The number of amides is 2. The smallest absolute Gasteiger partial charge is 0.262 e. The van der Waals surface area contributed by atoms with E-state index in [1.54, 1.807) is 45.4 Å². The second-order valence-corrected chi connectivity index (χ2v) is 7.20. The van der Waals surface area contributed by atoms with E-state index in [0.29, 0.717) is 34.9 Å². The Labute approximate surface area is 174 Å². The molecule has 2 heterocycles. The fourth-order valence-corrected chi connectivity index (χ4v) is 3.88. The van der Waals surface area contributed by atoms with Crippen LogP contribution >= 0.6 is 0 Å². The van der Waals surface area contributed by atoms with Gasteiger partial charge in [-0.3, -0.25) is 19.3 Å².